The first kappa shape index (κ1) is 17.7. The van der Waals surface area contributed by atoms with Gasteiger partial charge in [-0.1, -0.05) is 5.16 Å². The number of aromatic nitrogens is 3. The molecule has 3 N–H and O–H groups in total. The average Bonchev–Trinajstić information content (AvgIpc) is 3.12. The standard InChI is InChI=1S/C17H13N5O5/c1-18-15(24)11-8-10(4-7-20-11)14(23)21-16-12(17(25)26)13(22-27-16)9-2-5-19-6-3-9/h2-8H,1H3,(H,18,24)(H,21,23)(H,25,26). The van der Waals surface area contributed by atoms with Crippen molar-refractivity contribution in [3.8, 4) is 11.3 Å². The van der Waals surface area contributed by atoms with Crippen LogP contribution in [0.4, 0.5) is 5.88 Å². The van der Waals surface area contributed by atoms with Crippen molar-refractivity contribution >= 4 is 23.7 Å². The predicted octanol–water partition coefficient (Wildman–Crippen LogP) is 1.44. The normalized spacial score (nSPS) is 10.3. The Hall–Kier alpha value is -4.08. The summed E-state index contributed by atoms with van der Waals surface area (Å²) in [6.07, 6.45) is 4.25. The summed E-state index contributed by atoms with van der Waals surface area (Å²) in [5.74, 6) is -2.78. The SMILES string of the molecule is CNC(=O)c1cc(C(=O)Nc2onc(-c3ccncc3)c2C(=O)O)ccn1. The fourth-order valence-corrected chi connectivity index (χ4v) is 2.28. The van der Waals surface area contributed by atoms with Gasteiger partial charge in [0.2, 0.25) is 5.88 Å². The van der Waals surface area contributed by atoms with Crippen molar-refractivity contribution in [1.29, 1.82) is 0 Å². The molecule has 3 rings (SSSR count). The van der Waals surface area contributed by atoms with Crippen LogP contribution in [0, 0.1) is 0 Å². The van der Waals surface area contributed by atoms with Gasteiger partial charge < -0.3 is 14.9 Å². The number of carbonyl (C=O) groups is 3. The van der Waals surface area contributed by atoms with Crippen LogP contribution in [-0.4, -0.2) is 45.1 Å². The lowest BCUT2D eigenvalue weighted by Crippen LogP contribution is -2.20. The third-order valence-electron chi connectivity index (χ3n) is 3.57. The van der Waals surface area contributed by atoms with E-state index in [1.54, 1.807) is 12.1 Å². The smallest absolute Gasteiger partial charge is 0.343 e. The van der Waals surface area contributed by atoms with E-state index < -0.39 is 17.8 Å². The highest BCUT2D eigenvalue weighted by Gasteiger charge is 2.25. The summed E-state index contributed by atoms with van der Waals surface area (Å²) in [4.78, 5) is 43.4. The Bertz CT molecular complexity index is 1020. The van der Waals surface area contributed by atoms with Crippen LogP contribution in [0.15, 0.2) is 47.4 Å². The van der Waals surface area contributed by atoms with Gasteiger partial charge in [-0.05, 0) is 24.3 Å². The zero-order valence-corrected chi connectivity index (χ0v) is 14.0. The highest BCUT2D eigenvalue weighted by Crippen LogP contribution is 2.28. The van der Waals surface area contributed by atoms with Gasteiger partial charge >= 0.3 is 5.97 Å². The van der Waals surface area contributed by atoms with E-state index >= 15 is 0 Å². The van der Waals surface area contributed by atoms with Gasteiger partial charge in [0.05, 0.1) is 0 Å². The maximum absolute atomic E-state index is 12.4. The van der Waals surface area contributed by atoms with Crippen molar-refractivity contribution in [3.63, 3.8) is 0 Å². The summed E-state index contributed by atoms with van der Waals surface area (Å²) in [6.45, 7) is 0. The third kappa shape index (κ3) is 3.63. The number of nitrogens with zero attached hydrogens (tertiary/aromatic N) is 3. The molecular formula is C17H13N5O5. The number of carboxylic acid groups (broad SMARTS) is 1. The lowest BCUT2D eigenvalue weighted by atomic mass is 10.1. The van der Waals surface area contributed by atoms with E-state index in [2.05, 4.69) is 25.8 Å². The Labute approximate surface area is 152 Å². The van der Waals surface area contributed by atoms with Crippen molar-refractivity contribution in [2.24, 2.45) is 0 Å². The zero-order chi connectivity index (χ0) is 19.4. The molecule has 0 aliphatic rings. The first-order valence-electron chi connectivity index (χ1n) is 7.64. The molecule has 0 bridgehead atoms. The van der Waals surface area contributed by atoms with Crippen LogP contribution in [0.25, 0.3) is 11.3 Å². The second-order valence-corrected chi connectivity index (χ2v) is 5.24. The molecule has 0 saturated carbocycles. The van der Waals surface area contributed by atoms with Crippen LogP contribution >= 0.6 is 0 Å². The largest absolute Gasteiger partial charge is 0.477 e. The Morgan fingerprint density at radius 3 is 2.48 bits per heavy atom. The van der Waals surface area contributed by atoms with Crippen LogP contribution in [0.5, 0.6) is 0 Å². The van der Waals surface area contributed by atoms with Crippen molar-refractivity contribution < 1.29 is 24.0 Å². The molecule has 10 nitrogen and oxygen atoms in total. The second-order valence-electron chi connectivity index (χ2n) is 5.24. The quantitative estimate of drug-likeness (QED) is 0.614. The minimum Gasteiger partial charge on any atom is -0.477 e. The molecule has 0 atom stereocenters. The molecule has 3 aromatic heterocycles. The fraction of sp³-hybridized carbons (Fsp3) is 0.0588. The fourth-order valence-electron chi connectivity index (χ4n) is 2.28. The summed E-state index contributed by atoms with van der Waals surface area (Å²) in [5, 5.41) is 18.0. The van der Waals surface area contributed by atoms with Gasteiger partial charge in [-0.2, -0.15) is 0 Å². The van der Waals surface area contributed by atoms with Gasteiger partial charge in [-0.15, -0.1) is 0 Å². The van der Waals surface area contributed by atoms with Crippen molar-refractivity contribution in [3.05, 3.63) is 59.7 Å². The molecule has 0 aliphatic heterocycles. The maximum atomic E-state index is 12.4. The highest BCUT2D eigenvalue weighted by molar-refractivity contribution is 6.09. The monoisotopic (exact) mass is 367 g/mol. The number of nitrogens with one attached hydrogen (secondary N) is 2. The molecule has 0 aliphatic carbocycles. The number of carboxylic acids is 1. The topological polar surface area (TPSA) is 147 Å². The number of rotatable bonds is 5. The molecule has 0 spiro atoms. The van der Waals surface area contributed by atoms with E-state index in [1.165, 1.54) is 37.8 Å². The molecule has 0 aromatic carbocycles. The zero-order valence-electron chi connectivity index (χ0n) is 14.0. The average molecular weight is 367 g/mol. The van der Waals surface area contributed by atoms with E-state index in [0.29, 0.717) is 5.56 Å². The number of anilines is 1. The highest BCUT2D eigenvalue weighted by atomic mass is 16.5. The van der Waals surface area contributed by atoms with Crippen molar-refractivity contribution in [2.75, 3.05) is 12.4 Å². The van der Waals surface area contributed by atoms with Gasteiger partial charge in [-0.3, -0.25) is 24.9 Å². The lowest BCUT2D eigenvalue weighted by molar-refractivity contribution is 0.0698. The summed E-state index contributed by atoms with van der Waals surface area (Å²) in [5.41, 5.74) is 0.369. The minimum absolute atomic E-state index is 0.0404. The number of hydrogen-bond acceptors (Lipinski definition) is 7. The van der Waals surface area contributed by atoms with Crippen LogP contribution in [0.1, 0.15) is 31.2 Å². The van der Waals surface area contributed by atoms with Gasteiger partial charge in [-0.25, -0.2) is 4.79 Å². The molecule has 136 valence electrons. The van der Waals surface area contributed by atoms with Gasteiger partial charge in [0.15, 0.2) is 5.56 Å². The predicted molar refractivity (Wildman–Crippen MR) is 92.3 cm³/mol. The molecule has 0 fully saturated rings. The molecule has 3 aromatic rings. The Morgan fingerprint density at radius 1 is 1.07 bits per heavy atom. The molecule has 0 radical (unpaired) electrons. The Morgan fingerprint density at radius 2 is 1.81 bits per heavy atom. The van der Waals surface area contributed by atoms with Crippen LogP contribution in [-0.2, 0) is 0 Å². The van der Waals surface area contributed by atoms with Gasteiger partial charge in [0.1, 0.15) is 11.4 Å². The number of pyridine rings is 2. The second kappa shape index (κ2) is 7.44. The van der Waals surface area contributed by atoms with E-state index in [-0.39, 0.29) is 28.4 Å². The molecule has 3 heterocycles. The third-order valence-corrected chi connectivity index (χ3v) is 3.57. The number of hydrogen-bond donors (Lipinski definition) is 3. The van der Waals surface area contributed by atoms with E-state index in [0.717, 1.165) is 0 Å². The Balaban J connectivity index is 1.92. The van der Waals surface area contributed by atoms with Crippen LogP contribution < -0.4 is 10.6 Å². The molecule has 2 amide bonds. The summed E-state index contributed by atoms with van der Waals surface area (Å²) < 4.78 is 5.02. The molecule has 0 saturated heterocycles. The number of amides is 2. The molecular weight excluding hydrogens is 354 g/mol. The minimum atomic E-state index is -1.32. The summed E-state index contributed by atoms with van der Waals surface area (Å²) in [6, 6.07) is 5.78. The van der Waals surface area contributed by atoms with Gasteiger partial charge in [0, 0.05) is 36.8 Å². The van der Waals surface area contributed by atoms with E-state index in [4.69, 9.17) is 4.52 Å². The maximum Gasteiger partial charge on any atom is 0.343 e. The van der Waals surface area contributed by atoms with Crippen molar-refractivity contribution in [2.45, 2.75) is 0 Å². The van der Waals surface area contributed by atoms with E-state index in [1.807, 2.05) is 0 Å². The Kier molecular flexibility index (Phi) is 4.88. The van der Waals surface area contributed by atoms with Crippen LogP contribution in [0.3, 0.4) is 0 Å². The summed E-state index contributed by atoms with van der Waals surface area (Å²) in [7, 11) is 1.44. The lowest BCUT2D eigenvalue weighted by Gasteiger charge is -2.04. The summed E-state index contributed by atoms with van der Waals surface area (Å²) >= 11 is 0. The number of aromatic carboxylic acids is 1. The first-order chi connectivity index (χ1) is 13.0. The molecule has 27 heavy (non-hydrogen) atoms. The van der Waals surface area contributed by atoms with E-state index in [9.17, 15) is 19.5 Å². The molecule has 10 heteroatoms. The van der Waals surface area contributed by atoms with Gasteiger partial charge in [0.25, 0.3) is 11.8 Å². The number of carbonyl (C=O) groups excluding carboxylic acids is 2. The first-order valence-corrected chi connectivity index (χ1v) is 7.64. The molecule has 0 unspecified atom stereocenters. The van der Waals surface area contributed by atoms with Crippen molar-refractivity contribution in [1.82, 2.24) is 20.4 Å². The van der Waals surface area contributed by atoms with Crippen LogP contribution in [0.2, 0.25) is 0 Å².